The number of ether oxygens (including phenoxy) is 2. The summed E-state index contributed by atoms with van der Waals surface area (Å²) in [6, 6.07) is 7.90. The third-order valence-electron chi connectivity index (χ3n) is 4.42. The number of aliphatic carboxylic acids is 1. The minimum Gasteiger partial charge on any atom is -0.496 e. The van der Waals surface area contributed by atoms with E-state index in [-0.39, 0.29) is 12.6 Å². The number of carboxylic acids is 1. The summed E-state index contributed by atoms with van der Waals surface area (Å²) in [7, 11) is 3.47. The second-order valence-corrected chi connectivity index (χ2v) is 7.52. The van der Waals surface area contributed by atoms with Crippen molar-refractivity contribution in [3.05, 3.63) is 35.3 Å². The van der Waals surface area contributed by atoms with Crippen molar-refractivity contribution in [3.8, 4) is 16.3 Å². The van der Waals surface area contributed by atoms with Crippen molar-refractivity contribution in [1.29, 1.82) is 0 Å². The highest BCUT2D eigenvalue weighted by atomic mass is 32.1. The Kier molecular flexibility index (Phi) is 6.78. The zero-order valence-electron chi connectivity index (χ0n) is 15.6. The van der Waals surface area contributed by atoms with Crippen LogP contribution in [0.1, 0.15) is 5.69 Å². The van der Waals surface area contributed by atoms with Crippen LogP contribution in [0.5, 0.6) is 5.75 Å². The molecule has 2 aromatic rings. The van der Waals surface area contributed by atoms with E-state index in [1.54, 1.807) is 30.4 Å². The number of hydrogen-bond acceptors (Lipinski definition) is 7. The molecule has 7 nitrogen and oxygen atoms in total. The van der Waals surface area contributed by atoms with Crippen LogP contribution in [0, 0.1) is 0 Å². The normalized spacial score (nSPS) is 18.0. The highest BCUT2D eigenvalue weighted by Crippen LogP contribution is 2.32. The Morgan fingerprint density at radius 2 is 2.30 bits per heavy atom. The van der Waals surface area contributed by atoms with E-state index in [9.17, 15) is 4.79 Å². The van der Waals surface area contributed by atoms with E-state index in [2.05, 4.69) is 10.3 Å². The average molecular weight is 391 g/mol. The number of likely N-dealkylation sites (N-methyl/N-ethyl adjacent to an activating group) is 1. The summed E-state index contributed by atoms with van der Waals surface area (Å²) >= 11 is 1.62. The fourth-order valence-electron chi connectivity index (χ4n) is 3.23. The highest BCUT2D eigenvalue weighted by molar-refractivity contribution is 7.13. The second-order valence-electron chi connectivity index (χ2n) is 6.66. The van der Waals surface area contributed by atoms with Gasteiger partial charge in [-0.1, -0.05) is 12.1 Å². The van der Waals surface area contributed by atoms with Crippen LogP contribution in [-0.4, -0.2) is 78.9 Å². The van der Waals surface area contributed by atoms with Gasteiger partial charge in [0.05, 0.1) is 37.6 Å². The van der Waals surface area contributed by atoms with Crippen molar-refractivity contribution in [3.63, 3.8) is 0 Å². The van der Waals surface area contributed by atoms with E-state index < -0.39 is 5.97 Å². The molecule has 1 fully saturated rings. The second kappa shape index (κ2) is 9.27. The summed E-state index contributed by atoms with van der Waals surface area (Å²) in [5, 5.41) is 11.9. The quantitative estimate of drug-likeness (QED) is 0.738. The minimum absolute atomic E-state index is 0.00965. The summed E-state index contributed by atoms with van der Waals surface area (Å²) in [4.78, 5) is 19.7. The standard InChI is InChI=1S/C19H25N3O4S/c1-21(12-18(23)24)10-15-11-22(7-8-26-15)9-14-13-27-19(20-14)16-5-3-4-6-17(16)25-2/h3-6,13,15H,7-12H2,1-2H3,(H,23,24). The van der Waals surface area contributed by atoms with Crippen LogP contribution in [0.25, 0.3) is 10.6 Å². The van der Waals surface area contributed by atoms with E-state index in [1.165, 1.54) is 0 Å². The van der Waals surface area contributed by atoms with Crippen molar-refractivity contribution in [2.75, 3.05) is 46.9 Å². The summed E-state index contributed by atoms with van der Waals surface area (Å²) in [5.74, 6) is 0.00260. The monoisotopic (exact) mass is 391 g/mol. The summed E-state index contributed by atoms with van der Waals surface area (Å²) in [6.45, 7) is 3.65. The zero-order valence-corrected chi connectivity index (χ0v) is 16.4. The van der Waals surface area contributed by atoms with Gasteiger partial charge in [0, 0.05) is 31.6 Å². The van der Waals surface area contributed by atoms with Gasteiger partial charge in [-0.2, -0.15) is 0 Å². The molecule has 1 aromatic heterocycles. The number of hydrogen-bond donors (Lipinski definition) is 1. The first kappa shape index (κ1) is 19.8. The number of rotatable bonds is 8. The molecule has 1 atom stereocenters. The van der Waals surface area contributed by atoms with Gasteiger partial charge < -0.3 is 14.6 Å². The third kappa shape index (κ3) is 5.49. The molecule has 1 aliphatic rings. The molecule has 2 heterocycles. The molecule has 0 saturated carbocycles. The van der Waals surface area contributed by atoms with Crippen molar-refractivity contribution in [1.82, 2.24) is 14.8 Å². The van der Waals surface area contributed by atoms with Gasteiger partial charge in [0.1, 0.15) is 10.8 Å². The minimum atomic E-state index is -0.823. The lowest BCUT2D eigenvalue weighted by molar-refractivity contribution is -0.138. The third-order valence-corrected chi connectivity index (χ3v) is 5.34. The van der Waals surface area contributed by atoms with Gasteiger partial charge in [-0.05, 0) is 19.2 Å². The van der Waals surface area contributed by atoms with E-state index in [4.69, 9.17) is 19.6 Å². The molecular weight excluding hydrogens is 366 g/mol. The molecule has 0 spiro atoms. The summed E-state index contributed by atoms with van der Waals surface area (Å²) < 4.78 is 11.2. The first-order valence-electron chi connectivity index (χ1n) is 8.87. The number of para-hydroxylation sites is 1. The molecule has 3 rings (SSSR count). The lowest BCUT2D eigenvalue weighted by Gasteiger charge is -2.34. The SMILES string of the molecule is COc1ccccc1-c1nc(CN2CCOC(CN(C)CC(=O)O)C2)cs1. The highest BCUT2D eigenvalue weighted by Gasteiger charge is 2.23. The van der Waals surface area contributed by atoms with Crippen LogP contribution in [0.4, 0.5) is 0 Å². The molecule has 8 heteroatoms. The molecule has 1 aliphatic heterocycles. The predicted molar refractivity (Wildman–Crippen MR) is 104 cm³/mol. The maximum absolute atomic E-state index is 10.8. The Bertz CT molecular complexity index is 767. The Labute approximate surface area is 163 Å². The zero-order chi connectivity index (χ0) is 19.2. The predicted octanol–water partition coefficient (Wildman–Crippen LogP) is 2.04. The maximum Gasteiger partial charge on any atom is 0.317 e. The number of morpholine rings is 1. The van der Waals surface area contributed by atoms with Gasteiger partial charge >= 0.3 is 5.97 Å². The lowest BCUT2D eigenvalue weighted by atomic mass is 10.2. The van der Waals surface area contributed by atoms with E-state index in [0.29, 0.717) is 13.2 Å². The van der Waals surface area contributed by atoms with E-state index >= 15 is 0 Å². The molecule has 146 valence electrons. The number of thiazole rings is 1. The van der Waals surface area contributed by atoms with Gasteiger partial charge in [-0.25, -0.2) is 4.98 Å². The first-order chi connectivity index (χ1) is 13.0. The molecule has 0 bridgehead atoms. The number of aromatic nitrogens is 1. The molecule has 0 aliphatic carbocycles. The number of carboxylic acid groups (broad SMARTS) is 1. The van der Waals surface area contributed by atoms with Crippen LogP contribution in [0.3, 0.4) is 0 Å². The van der Waals surface area contributed by atoms with Crippen LogP contribution in [0.15, 0.2) is 29.6 Å². The Balaban J connectivity index is 1.59. The van der Waals surface area contributed by atoms with Gasteiger partial charge in [-0.3, -0.25) is 14.6 Å². The van der Waals surface area contributed by atoms with Crippen molar-refractivity contribution in [2.45, 2.75) is 12.6 Å². The number of carbonyl (C=O) groups is 1. The topological polar surface area (TPSA) is 75.1 Å². The van der Waals surface area contributed by atoms with Gasteiger partial charge in [0.25, 0.3) is 0 Å². The molecule has 1 aromatic carbocycles. The summed E-state index contributed by atoms with van der Waals surface area (Å²) in [5.41, 5.74) is 2.03. The molecule has 1 N–H and O–H groups in total. The Hall–Kier alpha value is -2.00. The number of benzene rings is 1. The van der Waals surface area contributed by atoms with Crippen molar-refractivity contribution >= 4 is 17.3 Å². The molecule has 27 heavy (non-hydrogen) atoms. The molecule has 1 unspecified atom stereocenters. The Morgan fingerprint density at radius 3 is 3.07 bits per heavy atom. The molecule has 0 amide bonds. The van der Waals surface area contributed by atoms with Crippen LogP contribution in [0.2, 0.25) is 0 Å². The number of nitrogens with zero attached hydrogens (tertiary/aromatic N) is 3. The molecular formula is C19H25N3O4S. The molecule has 1 saturated heterocycles. The first-order valence-corrected chi connectivity index (χ1v) is 9.75. The lowest BCUT2D eigenvalue weighted by Crippen LogP contribution is -2.47. The van der Waals surface area contributed by atoms with Gasteiger partial charge in [0.15, 0.2) is 0 Å². The Morgan fingerprint density at radius 1 is 1.48 bits per heavy atom. The number of methoxy groups -OCH3 is 1. The molecule has 0 radical (unpaired) electrons. The van der Waals surface area contributed by atoms with Gasteiger partial charge in [0.2, 0.25) is 0 Å². The van der Waals surface area contributed by atoms with Crippen LogP contribution >= 0.6 is 11.3 Å². The average Bonchev–Trinajstić information content (AvgIpc) is 3.09. The summed E-state index contributed by atoms with van der Waals surface area (Å²) in [6.07, 6.45) is 0.00965. The van der Waals surface area contributed by atoms with Gasteiger partial charge in [-0.15, -0.1) is 11.3 Å². The van der Waals surface area contributed by atoms with E-state index in [0.717, 1.165) is 41.6 Å². The largest absolute Gasteiger partial charge is 0.496 e. The van der Waals surface area contributed by atoms with Crippen molar-refractivity contribution in [2.24, 2.45) is 0 Å². The van der Waals surface area contributed by atoms with Crippen LogP contribution < -0.4 is 4.74 Å². The smallest absolute Gasteiger partial charge is 0.317 e. The fourth-order valence-corrected chi connectivity index (χ4v) is 4.07. The van der Waals surface area contributed by atoms with Crippen molar-refractivity contribution < 1.29 is 19.4 Å². The van der Waals surface area contributed by atoms with E-state index in [1.807, 2.05) is 24.3 Å². The fraction of sp³-hybridized carbons (Fsp3) is 0.474. The van der Waals surface area contributed by atoms with Crippen LogP contribution in [-0.2, 0) is 16.1 Å². The maximum atomic E-state index is 10.8.